The largest absolute Gasteiger partial charge is 0.381 e. The SMILES string of the molecule is CCCOCCCNc1n[nH]c(=S)s1. The zero-order chi connectivity index (χ0) is 10.2. The van der Waals surface area contributed by atoms with Crippen molar-refractivity contribution in [2.45, 2.75) is 19.8 Å². The quantitative estimate of drug-likeness (QED) is 0.561. The van der Waals surface area contributed by atoms with E-state index in [1.54, 1.807) is 0 Å². The highest BCUT2D eigenvalue weighted by atomic mass is 32.1. The summed E-state index contributed by atoms with van der Waals surface area (Å²) in [5, 5.41) is 10.7. The fraction of sp³-hybridized carbons (Fsp3) is 0.750. The van der Waals surface area contributed by atoms with E-state index in [0.29, 0.717) is 3.95 Å². The first-order valence-corrected chi connectivity index (χ1v) is 5.92. The fourth-order valence-corrected chi connectivity index (χ4v) is 1.74. The maximum absolute atomic E-state index is 5.34. The van der Waals surface area contributed by atoms with Crippen LogP contribution in [0.5, 0.6) is 0 Å². The molecule has 4 nitrogen and oxygen atoms in total. The van der Waals surface area contributed by atoms with E-state index in [0.717, 1.165) is 37.7 Å². The van der Waals surface area contributed by atoms with Crippen molar-refractivity contribution in [3.63, 3.8) is 0 Å². The second-order valence-electron chi connectivity index (χ2n) is 2.81. The molecule has 6 heteroatoms. The van der Waals surface area contributed by atoms with E-state index < -0.39 is 0 Å². The molecule has 0 saturated carbocycles. The third kappa shape index (κ3) is 4.69. The van der Waals surface area contributed by atoms with Gasteiger partial charge in [-0.1, -0.05) is 18.3 Å². The minimum absolute atomic E-state index is 0.703. The standard InChI is InChI=1S/C8H15N3OS2/c1-2-5-12-6-3-4-9-7-10-11-8(13)14-7/h2-6H2,1H3,(H,9,10)(H,11,13). The highest BCUT2D eigenvalue weighted by Gasteiger charge is 1.95. The van der Waals surface area contributed by atoms with Crippen LogP contribution in [0.1, 0.15) is 19.8 Å². The summed E-state index contributed by atoms with van der Waals surface area (Å²) in [5.41, 5.74) is 0. The second kappa shape index (κ2) is 6.92. The number of aromatic amines is 1. The molecule has 0 aliphatic carbocycles. The third-order valence-electron chi connectivity index (χ3n) is 1.53. The number of nitrogens with one attached hydrogen (secondary N) is 2. The Morgan fingerprint density at radius 3 is 3.07 bits per heavy atom. The number of anilines is 1. The van der Waals surface area contributed by atoms with Gasteiger partial charge < -0.3 is 10.1 Å². The van der Waals surface area contributed by atoms with E-state index in [1.165, 1.54) is 11.3 Å². The molecule has 0 aromatic carbocycles. The first-order valence-electron chi connectivity index (χ1n) is 4.70. The summed E-state index contributed by atoms with van der Waals surface area (Å²) >= 11 is 6.36. The van der Waals surface area contributed by atoms with Crippen LogP contribution in [0, 0.1) is 3.95 Å². The average molecular weight is 233 g/mol. The maximum Gasteiger partial charge on any atom is 0.204 e. The lowest BCUT2D eigenvalue weighted by molar-refractivity contribution is 0.134. The predicted octanol–water partition coefficient (Wildman–Crippen LogP) is 2.43. The summed E-state index contributed by atoms with van der Waals surface area (Å²) in [6.07, 6.45) is 2.07. The summed E-state index contributed by atoms with van der Waals surface area (Å²) < 4.78 is 6.04. The van der Waals surface area contributed by atoms with Crippen LogP contribution in [-0.4, -0.2) is 30.0 Å². The predicted molar refractivity (Wildman–Crippen MR) is 61.5 cm³/mol. The Hall–Kier alpha value is -0.460. The van der Waals surface area contributed by atoms with Crippen LogP contribution in [0.3, 0.4) is 0 Å². The third-order valence-corrected chi connectivity index (χ3v) is 2.58. The van der Waals surface area contributed by atoms with Crippen LogP contribution in [0.25, 0.3) is 0 Å². The zero-order valence-corrected chi connectivity index (χ0v) is 9.84. The second-order valence-corrected chi connectivity index (χ2v) is 4.48. The van der Waals surface area contributed by atoms with Crippen LogP contribution in [0.15, 0.2) is 0 Å². The molecule has 1 heterocycles. The van der Waals surface area contributed by atoms with Gasteiger partial charge in [-0.25, -0.2) is 0 Å². The lowest BCUT2D eigenvalue weighted by Crippen LogP contribution is -2.05. The molecule has 0 atom stereocenters. The van der Waals surface area contributed by atoms with Gasteiger partial charge in [0.25, 0.3) is 0 Å². The Bertz CT molecular complexity index is 297. The van der Waals surface area contributed by atoms with Gasteiger partial charge in [0.05, 0.1) is 0 Å². The van der Waals surface area contributed by atoms with Crippen molar-refractivity contribution in [3.05, 3.63) is 3.95 Å². The van der Waals surface area contributed by atoms with Crippen LogP contribution in [0.2, 0.25) is 0 Å². The van der Waals surface area contributed by atoms with Crippen molar-refractivity contribution >= 4 is 28.7 Å². The number of rotatable bonds is 7. The summed E-state index contributed by atoms with van der Waals surface area (Å²) in [7, 11) is 0. The smallest absolute Gasteiger partial charge is 0.204 e. The molecule has 1 aromatic rings. The number of nitrogens with zero attached hydrogens (tertiary/aromatic N) is 1. The Morgan fingerprint density at radius 2 is 2.43 bits per heavy atom. The van der Waals surface area contributed by atoms with Gasteiger partial charge in [-0.2, -0.15) is 0 Å². The Balaban J connectivity index is 2.02. The molecule has 0 radical (unpaired) electrons. The molecule has 0 saturated heterocycles. The zero-order valence-electron chi connectivity index (χ0n) is 8.21. The van der Waals surface area contributed by atoms with Gasteiger partial charge in [-0.15, -0.1) is 5.10 Å². The summed E-state index contributed by atoms with van der Waals surface area (Å²) in [6, 6.07) is 0. The van der Waals surface area contributed by atoms with E-state index in [2.05, 4.69) is 22.4 Å². The van der Waals surface area contributed by atoms with Gasteiger partial charge in [0.1, 0.15) is 0 Å². The van der Waals surface area contributed by atoms with Gasteiger partial charge in [-0.3, -0.25) is 5.10 Å². The van der Waals surface area contributed by atoms with Crippen molar-refractivity contribution in [1.29, 1.82) is 0 Å². The van der Waals surface area contributed by atoms with Crippen LogP contribution in [0.4, 0.5) is 5.13 Å². The molecular formula is C8H15N3OS2. The highest BCUT2D eigenvalue weighted by Crippen LogP contribution is 2.09. The normalized spacial score (nSPS) is 10.4. The van der Waals surface area contributed by atoms with Crippen LogP contribution < -0.4 is 5.32 Å². The van der Waals surface area contributed by atoms with Crippen LogP contribution in [-0.2, 0) is 4.74 Å². The molecule has 80 valence electrons. The number of aromatic nitrogens is 2. The molecule has 0 unspecified atom stereocenters. The molecule has 14 heavy (non-hydrogen) atoms. The molecule has 2 N–H and O–H groups in total. The van der Waals surface area contributed by atoms with Gasteiger partial charge in [0.15, 0.2) is 3.95 Å². The Morgan fingerprint density at radius 1 is 1.57 bits per heavy atom. The van der Waals surface area contributed by atoms with Crippen LogP contribution >= 0.6 is 23.6 Å². The van der Waals surface area contributed by atoms with E-state index >= 15 is 0 Å². The van der Waals surface area contributed by atoms with Gasteiger partial charge in [0.2, 0.25) is 5.13 Å². The average Bonchev–Trinajstić information content (AvgIpc) is 2.58. The minimum atomic E-state index is 0.703. The maximum atomic E-state index is 5.34. The first kappa shape index (κ1) is 11.6. The monoisotopic (exact) mass is 233 g/mol. The van der Waals surface area contributed by atoms with Crippen molar-refractivity contribution in [2.75, 3.05) is 25.1 Å². The molecule has 0 aliphatic rings. The molecule has 0 amide bonds. The number of hydrogen-bond acceptors (Lipinski definition) is 5. The molecule has 0 bridgehead atoms. The van der Waals surface area contributed by atoms with Gasteiger partial charge in [0, 0.05) is 19.8 Å². The molecule has 0 spiro atoms. The first-order chi connectivity index (χ1) is 6.83. The topological polar surface area (TPSA) is 49.9 Å². The molecule has 1 rings (SSSR count). The van der Waals surface area contributed by atoms with E-state index in [4.69, 9.17) is 17.0 Å². The van der Waals surface area contributed by atoms with E-state index in [1.807, 2.05) is 0 Å². The van der Waals surface area contributed by atoms with Crippen molar-refractivity contribution in [1.82, 2.24) is 10.2 Å². The lowest BCUT2D eigenvalue weighted by atomic mass is 10.4. The van der Waals surface area contributed by atoms with Gasteiger partial charge >= 0.3 is 0 Å². The Kier molecular flexibility index (Phi) is 5.74. The number of hydrogen-bond donors (Lipinski definition) is 2. The van der Waals surface area contributed by atoms with Crippen molar-refractivity contribution in [2.24, 2.45) is 0 Å². The molecule has 0 aliphatic heterocycles. The summed E-state index contributed by atoms with van der Waals surface area (Å²) in [4.78, 5) is 0. The Labute approximate surface area is 92.7 Å². The van der Waals surface area contributed by atoms with Crippen molar-refractivity contribution < 1.29 is 4.74 Å². The van der Waals surface area contributed by atoms with E-state index in [-0.39, 0.29) is 0 Å². The number of H-pyrrole nitrogens is 1. The molecule has 0 fully saturated rings. The molecule has 1 aromatic heterocycles. The van der Waals surface area contributed by atoms with Crippen molar-refractivity contribution in [3.8, 4) is 0 Å². The molecular weight excluding hydrogens is 218 g/mol. The lowest BCUT2D eigenvalue weighted by Gasteiger charge is -2.02. The number of ether oxygens (including phenoxy) is 1. The summed E-state index contributed by atoms with van der Waals surface area (Å²) in [6.45, 7) is 4.63. The fourth-order valence-electron chi connectivity index (χ4n) is 0.921. The summed E-state index contributed by atoms with van der Waals surface area (Å²) in [5.74, 6) is 0. The van der Waals surface area contributed by atoms with Gasteiger partial charge in [-0.05, 0) is 25.1 Å². The minimum Gasteiger partial charge on any atom is -0.381 e. The van der Waals surface area contributed by atoms with E-state index in [9.17, 15) is 0 Å². The highest BCUT2D eigenvalue weighted by molar-refractivity contribution is 7.73.